The lowest BCUT2D eigenvalue weighted by molar-refractivity contribution is -0.130. The minimum absolute atomic E-state index is 0.0277. The van der Waals surface area contributed by atoms with Gasteiger partial charge in [-0.2, -0.15) is 0 Å². The Hall–Kier alpha value is -1.88. The van der Waals surface area contributed by atoms with Crippen molar-refractivity contribution in [3.63, 3.8) is 0 Å². The van der Waals surface area contributed by atoms with Crippen molar-refractivity contribution in [2.75, 3.05) is 33.4 Å². The molecular weight excluding hydrogens is 328 g/mol. The smallest absolute Gasteiger partial charge is 0.227 e. The van der Waals surface area contributed by atoms with Crippen LogP contribution in [0.3, 0.4) is 0 Å². The summed E-state index contributed by atoms with van der Waals surface area (Å²) in [4.78, 5) is 27.5. The normalized spacial score (nSPS) is 21.3. The topological polar surface area (TPSA) is 58.6 Å². The standard InChI is InChI=1S/C21H30N2O3/c1-16-5-7-17(8-6-16)13-19(24)23-14-18(20(25)22-11-12-26-2)21(15-23)9-3-4-10-21/h5-8,18H,3-4,9-15H2,1-2H3,(H,22,25). The molecule has 0 radical (unpaired) electrons. The van der Waals surface area contributed by atoms with Gasteiger partial charge in [0.25, 0.3) is 0 Å². The van der Waals surface area contributed by atoms with E-state index in [1.165, 1.54) is 5.56 Å². The summed E-state index contributed by atoms with van der Waals surface area (Å²) in [5, 5.41) is 2.99. The molecular formula is C21H30N2O3. The van der Waals surface area contributed by atoms with E-state index in [9.17, 15) is 9.59 Å². The van der Waals surface area contributed by atoms with Gasteiger partial charge >= 0.3 is 0 Å². The zero-order chi connectivity index (χ0) is 18.6. The maximum Gasteiger partial charge on any atom is 0.227 e. The summed E-state index contributed by atoms with van der Waals surface area (Å²) in [7, 11) is 1.63. The third kappa shape index (κ3) is 4.09. The molecule has 1 aromatic rings. The summed E-state index contributed by atoms with van der Waals surface area (Å²) in [5.41, 5.74) is 2.20. The number of benzene rings is 1. The van der Waals surface area contributed by atoms with Crippen LogP contribution >= 0.6 is 0 Å². The monoisotopic (exact) mass is 358 g/mol. The van der Waals surface area contributed by atoms with Gasteiger partial charge in [0, 0.05) is 32.2 Å². The predicted molar refractivity (Wildman–Crippen MR) is 101 cm³/mol. The SMILES string of the molecule is COCCNC(=O)C1CN(C(=O)Cc2ccc(C)cc2)CC12CCCC2. The number of carbonyl (C=O) groups is 2. The number of hydrogen-bond donors (Lipinski definition) is 1. The van der Waals surface area contributed by atoms with Crippen LogP contribution in [0.1, 0.15) is 36.8 Å². The van der Waals surface area contributed by atoms with E-state index in [0.29, 0.717) is 26.1 Å². The molecule has 1 aromatic carbocycles. The number of aryl methyl sites for hydroxylation is 1. The Balaban J connectivity index is 1.66. The molecule has 1 heterocycles. The van der Waals surface area contributed by atoms with E-state index in [2.05, 4.69) is 5.32 Å². The zero-order valence-electron chi connectivity index (χ0n) is 15.9. The Morgan fingerprint density at radius 2 is 1.92 bits per heavy atom. The van der Waals surface area contributed by atoms with E-state index in [4.69, 9.17) is 4.74 Å². The van der Waals surface area contributed by atoms with Crippen LogP contribution in [0, 0.1) is 18.3 Å². The molecule has 2 fully saturated rings. The molecule has 2 aliphatic rings. The fraction of sp³-hybridized carbons (Fsp3) is 0.619. The van der Waals surface area contributed by atoms with Gasteiger partial charge in [-0.05, 0) is 25.3 Å². The van der Waals surface area contributed by atoms with Crippen molar-refractivity contribution in [3.8, 4) is 0 Å². The third-order valence-electron chi connectivity index (χ3n) is 6.00. The fourth-order valence-corrected chi connectivity index (χ4v) is 4.50. The molecule has 26 heavy (non-hydrogen) atoms. The van der Waals surface area contributed by atoms with Gasteiger partial charge in [-0.1, -0.05) is 42.7 Å². The maximum atomic E-state index is 12.8. The Morgan fingerprint density at radius 1 is 1.23 bits per heavy atom. The Bertz CT molecular complexity index is 635. The molecule has 1 saturated carbocycles. The highest BCUT2D eigenvalue weighted by Gasteiger charge is 2.52. The lowest BCUT2D eigenvalue weighted by Gasteiger charge is -2.28. The van der Waals surface area contributed by atoms with E-state index in [-0.39, 0.29) is 23.1 Å². The van der Waals surface area contributed by atoms with Crippen LogP contribution in [0.2, 0.25) is 0 Å². The predicted octanol–water partition coefficient (Wildman–Crippen LogP) is 2.32. The number of carbonyl (C=O) groups excluding carboxylic acids is 2. The van der Waals surface area contributed by atoms with Crippen LogP contribution in [-0.2, 0) is 20.7 Å². The number of nitrogens with zero attached hydrogens (tertiary/aromatic N) is 1. The molecule has 1 aliphatic heterocycles. The molecule has 1 N–H and O–H groups in total. The van der Waals surface area contributed by atoms with Gasteiger partial charge in [-0.15, -0.1) is 0 Å². The van der Waals surface area contributed by atoms with E-state index >= 15 is 0 Å². The van der Waals surface area contributed by atoms with E-state index in [1.807, 2.05) is 36.1 Å². The van der Waals surface area contributed by atoms with Crippen molar-refractivity contribution >= 4 is 11.8 Å². The van der Waals surface area contributed by atoms with Crippen molar-refractivity contribution in [2.45, 2.75) is 39.0 Å². The summed E-state index contributed by atoms with van der Waals surface area (Å²) in [5.74, 6) is 0.116. The third-order valence-corrected chi connectivity index (χ3v) is 6.00. The number of rotatable bonds is 6. The van der Waals surface area contributed by atoms with Crippen LogP contribution in [0.15, 0.2) is 24.3 Å². The number of nitrogens with one attached hydrogen (secondary N) is 1. The van der Waals surface area contributed by atoms with Gasteiger partial charge in [0.05, 0.1) is 18.9 Å². The molecule has 1 unspecified atom stereocenters. The summed E-state index contributed by atoms with van der Waals surface area (Å²) in [6.07, 6.45) is 4.81. The minimum atomic E-state index is -0.0937. The van der Waals surface area contributed by atoms with Gasteiger partial charge in [0.1, 0.15) is 0 Å². The Morgan fingerprint density at radius 3 is 2.58 bits per heavy atom. The van der Waals surface area contributed by atoms with Gasteiger partial charge in [0.2, 0.25) is 11.8 Å². The first-order valence-corrected chi connectivity index (χ1v) is 9.64. The molecule has 1 atom stereocenters. The summed E-state index contributed by atoms with van der Waals surface area (Å²) in [6.45, 7) is 4.35. The Kier molecular flexibility index (Phi) is 5.97. The summed E-state index contributed by atoms with van der Waals surface area (Å²) >= 11 is 0. The van der Waals surface area contributed by atoms with Crippen molar-refractivity contribution < 1.29 is 14.3 Å². The highest BCUT2D eigenvalue weighted by atomic mass is 16.5. The van der Waals surface area contributed by atoms with Crippen molar-refractivity contribution in [1.29, 1.82) is 0 Å². The first kappa shape index (κ1) is 18.9. The molecule has 5 heteroatoms. The molecule has 1 spiro atoms. The van der Waals surface area contributed by atoms with Crippen molar-refractivity contribution in [2.24, 2.45) is 11.3 Å². The Labute approximate surface area is 156 Å². The highest BCUT2D eigenvalue weighted by Crippen LogP contribution is 2.49. The van der Waals surface area contributed by atoms with E-state index in [0.717, 1.165) is 37.8 Å². The van der Waals surface area contributed by atoms with E-state index < -0.39 is 0 Å². The van der Waals surface area contributed by atoms with E-state index in [1.54, 1.807) is 7.11 Å². The van der Waals surface area contributed by atoms with Crippen molar-refractivity contribution in [1.82, 2.24) is 10.2 Å². The molecule has 2 amide bonds. The second-order valence-corrected chi connectivity index (χ2v) is 7.84. The first-order chi connectivity index (χ1) is 12.5. The average Bonchev–Trinajstić information content (AvgIpc) is 3.25. The zero-order valence-corrected chi connectivity index (χ0v) is 15.9. The fourth-order valence-electron chi connectivity index (χ4n) is 4.50. The van der Waals surface area contributed by atoms with Crippen LogP contribution in [0.25, 0.3) is 0 Å². The van der Waals surface area contributed by atoms with Crippen LogP contribution in [0.5, 0.6) is 0 Å². The molecule has 1 aliphatic carbocycles. The van der Waals surface area contributed by atoms with Gasteiger partial charge in [-0.3, -0.25) is 9.59 Å². The first-order valence-electron chi connectivity index (χ1n) is 9.64. The molecule has 5 nitrogen and oxygen atoms in total. The number of hydrogen-bond acceptors (Lipinski definition) is 3. The molecule has 142 valence electrons. The number of amides is 2. The minimum Gasteiger partial charge on any atom is -0.383 e. The highest BCUT2D eigenvalue weighted by molar-refractivity contribution is 5.84. The number of likely N-dealkylation sites (tertiary alicyclic amines) is 1. The largest absolute Gasteiger partial charge is 0.383 e. The number of methoxy groups -OCH3 is 1. The maximum absolute atomic E-state index is 12.8. The average molecular weight is 358 g/mol. The van der Waals surface area contributed by atoms with Gasteiger partial charge in [0.15, 0.2) is 0 Å². The summed E-state index contributed by atoms with van der Waals surface area (Å²) < 4.78 is 5.03. The quantitative estimate of drug-likeness (QED) is 0.794. The van der Waals surface area contributed by atoms with Crippen LogP contribution in [0.4, 0.5) is 0 Å². The van der Waals surface area contributed by atoms with Crippen LogP contribution in [-0.4, -0.2) is 50.1 Å². The molecule has 3 rings (SSSR count). The molecule has 1 saturated heterocycles. The van der Waals surface area contributed by atoms with Gasteiger partial charge in [-0.25, -0.2) is 0 Å². The lowest BCUT2D eigenvalue weighted by Crippen LogP contribution is -2.41. The van der Waals surface area contributed by atoms with Crippen molar-refractivity contribution in [3.05, 3.63) is 35.4 Å². The summed E-state index contributed by atoms with van der Waals surface area (Å²) in [6, 6.07) is 8.11. The molecule has 0 bridgehead atoms. The van der Waals surface area contributed by atoms with Crippen LogP contribution < -0.4 is 5.32 Å². The lowest BCUT2D eigenvalue weighted by atomic mass is 9.76. The second-order valence-electron chi connectivity index (χ2n) is 7.84. The number of ether oxygens (including phenoxy) is 1. The van der Waals surface area contributed by atoms with Gasteiger partial charge < -0.3 is 15.0 Å². The molecule has 0 aromatic heterocycles. The second kappa shape index (κ2) is 8.21.